The predicted octanol–water partition coefficient (Wildman–Crippen LogP) is -1.02. The molecule has 0 bridgehead atoms. The number of anilines is 2. The topological polar surface area (TPSA) is 152 Å². The predicted molar refractivity (Wildman–Crippen MR) is 84.0 cm³/mol. The lowest BCUT2D eigenvalue weighted by atomic mass is 9.96. The highest BCUT2D eigenvalue weighted by molar-refractivity contribution is 5.84. The van der Waals surface area contributed by atoms with Crippen LogP contribution >= 0.6 is 0 Å². The summed E-state index contributed by atoms with van der Waals surface area (Å²) in [4.78, 5) is 12.7. The molecule has 1 aliphatic carbocycles. The molecule has 2 aromatic heterocycles. The third kappa shape index (κ3) is 2.30. The van der Waals surface area contributed by atoms with Crippen LogP contribution in [-0.4, -0.2) is 65.3 Å². The molecule has 0 spiro atoms. The molecule has 10 heteroatoms. The van der Waals surface area contributed by atoms with Gasteiger partial charge in [-0.1, -0.05) is 0 Å². The van der Waals surface area contributed by atoms with Crippen molar-refractivity contribution in [2.45, 2.75) is 49.8 Å². The molecule has 0 radical (unpaired) electrons. The number of nitrogens with zero attached hydrogens (tertiary/aromatic N) is 4. The van der Waals surface area contributed by atoms with Crippen molar-refractivity contribution in [3.63, 3.8) is 0 Å². The molecule has 10 nitrogen and oxygen atoms in total. The molecule has 2 aliphatic rings. The Morgan fingerprint density at radius 3 is 2.83 bits per heavy atom. The zero-order chi connectivity index (χ0) is 17.1. The number of hydrogen-bond acceptors (Lipinski definition) is 9. The zero-order valence-electron chi connectivity index (χ0n) is 13.1. The number of nitrogens with two attached hydrogens (primary N) is 1. The molecule has 1 saturated heterocycles. The third-order valence-corrected chi connectivity index (χ3v) is 4.54. The van der Waals surface area contributed by atoms with Gasteiger partial charge in [-0.25, -0.2) is 4.98 Å². The minimum Gasteiger partial charge on any atom is -0.394 e. The number of fused-ring (bicyclic) bond motifs is 1. The summed E-state index contributed by atoms with van der Waals surface area (Å²) in [5.74, 6) is 0.611. The molecule has 1 saturated carbocycles. The van der Waals surface area contributed by atoms with Crippen molar-refractivity contribution in [2.75, 3.05) is 17.7 Å². The zero-order valence-corrected chi connectivity index (χ0v) is 13.1. The van der Waals surface area contributed by atoms with Gasteiger partial charge in [0.05, 0.1) is 12.9 Å². The fourth-order valence-corrected chi connectivity index (χ4v) is 3.02. The molecule has 4 rings (SSSR count). The smallest absolute Gasteiger partial charge is 0.224 e. The SMILES string of the molecule is CC1(O)C(O)C(CO)OC1n1cnc2c(NC3CC3)nc(N)nc21. The lowest BCUT2D eigenvalue weighted by molar-refractivity contribution is -0.0950. The van der Waals surface area contributed by atoms with E-state index in [1.54, 1.807) is 0 Å². The Bertz CT molecular complexity index is 774. The first-order chi connectivity index (χ1) is 11.4. The Balaban J connectivity index is 1.78. The van der Waals surface area contributed by atoms with Gasteiger partial charge >= 0.3 is 0 Å². The molecule has 130 valence electrons. The van der Waals surface area contributed by atoms with E-state index in [2.05, 4.69) is 20.3 Å². The Labute approximate surface area is 137 Å². The Morgan fingerprint density at radius 1 is 1.46 bits per heavy atom. The van der Waals surface area contributed by atoms with Crippen molar-refractivity contribution in [1.82, 2.24) is 19.5 Å². The number of hydrogen-bond donors (Lipinski definition) is 5. The van der Waals surface area contributed by atoms with Crippen molar-refractivity contribution in [2.24, 2.45) is 0 Å². The summed E-state index contributed by atoms with van der Waals surface area (Å²) in [6.45, 7) is 1.03. The van der Waals surface area contributed by atoms with E-state index in [1.165, 1.54) is 17.8 Å². The minimum absolute atomic E-state index is 0.0734. The third-order valence-electron chi connectivity index (χ3n) is 4.54. The summed E-state index contributed by atoms with van der Waals surface area (Å²) >= 11 is 0. The van der Waals surface area contributed by atoms with Crippen LogP contribution in [-0.2, 0) is 4.74 Å². The largest absolute Gasteiger partial charge is 0.394 e. The summed E-state index contributed by atoms with van der Waals surface area (Å²) in [5.41, 5.74) is 5.08. The number of aliphatic hydroxyl groups excluding tert-OH is 2. The van der Waals surface area contributed by atoms with Crippen LogP contribution < -0.4 is 11.1 Å². The highest BCUT2D eigenvalue weighted by atomic mass is 16.6. The van der Waals surface area contributed by atoms with Gasteiger partial charge in [-0.3, -0.25) is 4.57 Å². The maximum atomic E-state index is 10.6. The average molecular weight is 336 g/mol. The summed E-state index contributed by atoms with van der Waals surface area (Å²) in [5, 5.41) is 33.3. The first kappa shape index (κ1) is 15.5. The molecule has 1 aliphatic heterocycles. The lowest BCUT2D eigenvalue weighted by Gasteiger charge is -2.27. The molecule has 4 unspecified atom stereocenters. The van der Waals surface area contributed by atoms with Crippen LogP contribution in [0.5, 0.6) is 0 Å². The van der Waals surface area contributed by atoms with E-state index in [0.717, 1.165) is 12.8 Å². The van der Waals surface area contributed by atoms with Crippen LogP contribution in [0.2, 0.25) is 0 Å². The highest BCUT2D eigenvalue weighted by Crippen LogP contribution is 2.40. The molecule has 2 fully saturated rings. The van der Waals surface area contributed by atoms with Gasteiger partial charge in [-0.2, -0.15) is 9.97 Å². The summed E-state index contributed by atoms with van der Waals surface area (Å²) in [7, 11) is 0. The minimum atomic E-state index is -1.62. The number of aliphatic hydroxyl groups is 3. The van der Waals surface area contributed by atoms with Gasteiger partial charge in [0.2, 0.25) is 5.95 Å². The van der Waals surface area contributed by atoms with Crippen molar-refractivity contribution in [1.29, 1.82) is 0 Å². The van der Waals surface area contributed by atoms with Crippen molar-refractivity contribution < 1.29 is 20.1 Å². The van der Waals surface area contributed by atoms with Gasteiger partial charge in [0.25, 0.3) is 0 Å². The van der Waals surface area contributed by atoms with Crippen molar-refractivity contribution in [3.05, 3.63) is 6.33 Å². The number of nitrogens with one attached hydrogen (secondary N) is 1. The monoisotopic (exact) mass is 336 g/mol. The van der Waals surface area contributed by atoms with Gasteiger partial charge in [0.1, 0.15) is 17.8 Å². The number of nitrogen functional groups attached to an aromatic ring is 1. The second kappa shape index (κ2) is 5.24. The second-order valence-corrected chi connectivity index (χ2v) is 6.55. The van der Waals surface area contributed by atoms with E-state index in [9.17, 15) is 15.3 Å². The van der Waals surface area contributed by atoms with E-state index >= 15 is 0 Å². The summed E-state index contributed by atoms with van der Waals surface area (Å²) < 4.78 is 7.12. The molecule has 4 atom stereocenters. The number of imidazole rings is 1. The van der Waals surface area contributed by atoms with Gasteiger partial charge in [-0.15, -0.1) is 0 Å². The average Bonchev–Trinajstić information content (AvgIpc) is 3.20. The van der Waals surface area contributed by atoms with Crippen molar-refractivity contribution in [3.8, 4) is 0 Å². The maximum Gasteiger partial charge on any atom is 0.224 e. The summed E-state index contributed by atoms with van der Waals surface area (Å²) in [6, 6.07) is 0.360. The summed E-state index contributed by atoms with van der Waals surface area (Å²) in [6.07, 6.45) is 0.493. The Kier molecular flexibility index (Phi) is 3.39. The quantitative estimate of drug-likeness (QED) is 0.472. The second-order valence-electron chi connectivity index (χ2n) is 6.55. The van der Waals surface area contributed by atoms with E-state index < -0.39 is 30.6 Å². The van der Waals surface area contributed by atoms with Crippen molar-refractivity contribution >= 4 is 22.9 Å². The number of rotatable bonds is 4. The van der Waals surface area contributed by atoms with Gasteiger partial charge in [-0.05, 0) is 19.8 Å². The molecule has 24 heavy (non-hydrogen) atoms. The fourth-order valence-electron chi connectivity index (χ4n) is 3.02. The van der Waals surface area contributed by atoms with E-state index in [1.807, 2.05) is 0 Å². The molecule has 3 heterocycles. The Morgan fingerprint density at radius 2 is 2.21 bits per heavy atom. The molecular weight excluding hydrogens is 316 g/mol. The van der Waals surface area contributed by atoms with Crippen LogP contribution in [0, 0.1) is 0 Å². The van der Waals surface area contributed by atoms with E-state index in [4.69, 9.17) is 10.5 Å². The van der Waals surface area contributed by atoms with Gasteiger partial charge in [0, 0.05) is 6.04 Å². The van der Waals surface area contributed by atoms with Crippen LogP contribution in [0.25, 0.3) is 11.2 Å². The maximum absolute atomic E-state index is 10.6. The van der Waals surface area contributed by atoms with Crippen LogP contribution in [0.1, 0.15) is 26.0 Å². The molecule has 2 aromatic rings. The fraction of sp³-hybridized carbons (Fsp3) is 0.643. The van der Waals surface area contributed by atoms with E-state index in [-0.39, 0.29) is 5.95 Å². The van der Waals surface area contributed by atoms with Crippen LogP contribution in [0.3, 0.4) is 0 Å². The Hall–Kier alpha value is -2.01. The van der Waals surface area contributed by atoms with Gasteiger partial charge < -0.3 is 31.1 Å². The first-order valence-electron chi connectivity index (χ1n) is 7.85. The molecular formula is C14H20N6O4. The molecule has 0 amide bonds. The van der Waals surface area contributed by atoms with Crippen LogP contribution in [0.15, 0.2) is 6.33 Å². The van der Waals surface area contributed by atoms with Gasteiger partial charge in [0.15, 0.2) is 23.2 Å². The molecule has 6 N–H and O–H groups in total. The highest BCUT2D eigenvalue weighted by Gasteiger charge is 2.53. The number of ether oxygens (including phenoxy) is 1. The van der Waals surface area contributed by atoms with Crippen LogP contribution in [0.4, 0.5) is 11.8 Å². The first-order valence-corrected chi connectivity index (χ1v) is 7.85. The normalized spacial score (nSPS) is 33.2. The standard InChI is InChI=1S/C14H20N6O4/c1-14(23)9(22)7(4-21)24-12(14)20-5-16-8-10(17-6-2-3-6)18-13(15)19-11(8)20/h5-7,9,12,21-23H,2-4H2,1H3,(H3,15,17,18,19). The van der Waals surface area contributed by atoms with E-state index in [0.29, 0.717) is 23.0 Å². The molecule has 0 aromatic carbocycles. The number of aromatic nitrogens is 4. The lowest BCUT2D eigenvalue weighted by Crippen LogP contribution is -2.44.